The summed E-state index contributed by atoms with van der Waals surface area (Å²) in [6.07, 6.45) is 0.840. The number of carbonyl (C=O) groups is 3. The number of phenolic OH excluding ortho intramolecular Hbond substituents is 1. The molecule has 10 rings (SSSR count). The summed E-state index contributed by atoms with van der Waals surface area (Å²) in [4.78, 5) is 62.5. The second-order valence-corrected chi connectivity index (χ2v) is 23.4. The molecular weight excluding hydrogens is 1120 g/mol. The van der Waals surface area contributed by atoms with Crippen LogP contribution in [-0.2, 0) is 19.1 Å². The van der Waals surface area contributed by atoms with Crippen molar-refractivity contribution in [2.75, 3.05) is 70.5 Å². The molecule has 7 aromatic rings. The fourth-order valence-electron chi connectivity index (χ4n) is 11.8. The minimum Gasteiger partial charge on any atom is -0.508 e. The lowest BCUT2D eigenvalue weighted by Crippen LogP contribution is -2.55. The van der Waals surface area contributed by atoms with E-state index in [9.17, 15) is 34.2 Å². The SMILES string of the molecule is C=C(F)C(=O)N1CCN(c2nc(OCCN3CCC(OCCOc4cc([C@H](C(=O)N5C[C@H](O)C[C@H]5C(=O)C[C@@H](C)c5ccc(-c6scnc6C)cc5)C(C)C)on4)CC3)nc3c(F)c(-c4cc(O)cc5ccccc45)c(Cl)cc23)C[C@@H]1CC#N. The quantitative estimate of drug-likeness (QED) is 0.0505. The van der Waals surface area contributed by atoms with E-state index in [1.165, 1.54) is 15.9 Å². The number of hydrogen-bond acceptors (Lipinski definition) is 17. The van der Waals surface area contributed by atoms with Crippen molar-refractivity contribution >= 4 is 68.0 Å². The number of hydrogen-bond donors (Lipinski definition) is 2. The van der Waals surface area contributed by atoms with Crippen LogP contribution in [0.15, 0.2) is 95.2 Å². The first kappa shape index (κ1) is 59.5. The first-order chi connectivity index (χ1) is 40.5. The molecule has 0 unspecified atom stereocenters. The predicted octanol–water partition coefficient (Wildman–Crippen LogP) is 10.2. The lowest BCUT2D eigenvalue weighted by molar-refractivity contribution is -0.140. The Morgan fingerprint density at radius 2 is 1.73 bits per heavy atom. The molecule has 5 atom stereocenters. The summed E-state index contributed by atoms with van der Waals surface area (Å²) in [7, 11) is 0. The molecule has 0 spiro atoms. The van der Waals surface area contributed by atoms with Crippen LogP contribution in [0.3, 0.4) is 0 Å². The van der Waals surface area contributed by atoms with Crippen LogP contribution in [0.2, 0.25) is 5.02 Å². The lowest BCUT2D eigenvalue weighted by Gasteiger charge is -2.41. The van der Waals surface area contributed by atoms with Gasteiger partial charge in [-0.3, -0.25) is 19.3 Å². The number of piperazine rings is 1. The average molecular weight is 1190 g/mol. The number of ether oxygens (including phenoxy) is 3. The van der Waals surface area contributed by atoms with Crippen molar-refractivity contribution in [3.63, 3.8) is 0 Å². The highest BCUT2D eigenvalue weighted by molar-refractivity contribution is 7.13. The van der Waals surface area contributed by atoms with Gasteiger partial charge in [0.1, 0.15) is 36.2 Å². The van der Waals surface area contributed by atoms with Crippen molar-refractivity contribution in [2.45, 2.75) is 95.9 Å². The Labute approximate surface area is 494 Å². The number of Topliss-reactive ketones (excluding diaryl/α,β-unsaturated/α-hetero) is 1. The van der Waals surface area contributed by atoms with E-state index >= 15 is 4.39 Å². The maximum Gasteiger partial charge on any atom is 0.319 e. The summed E-state index contributed by atoms with van der Waals surface area (Å²) in [5.41, 5.74) is 5.15. The molecule has 6 heterocycles. The standard InChI is InChI=1S/C62H66ClF2N9O9S/c1-35(2)54(61(79)74-33-44(76)29-50(74)51(77)26-36(3)39-10-12-40(13-11-39)58-38(5)67-34-84-58)52-31-53(70-83-52)81-25-24-80-45-15-18-71(19-16-45)22-23-82-62-68-57-48(59(69-62)72-20-21-73(60(78)37(4)64)42(32-72)14-17-66)30-49(63)55(56(57)65)47-28-43(75)27-41-8-6-7-9-46(41)47/h6-13,27-28,30-31,34-36,42,44-45,50,54,75-76H,4,14-16,18-26,29,32-33H2,1-3,5H3/t36-,42+,44-,50+,54-/m1/s1. The summed E-state index contributed by atoms with van der Waals surface area (Å²) in [5, 5.41) is 36.9. The third kappa shape index (κ3) is 13.0. The van der Waals surface area contributed by atoms with Crippen molar-refractivity contribution < 1.29 is 52.1 Å². The monoisotopic (exact) mass is 1190 g/mol. The number of nitriles is 1. The molecule has 4 aromatic carbocycles. The first-order valence-electron chi connectivity index (χ1n) is 28.2. The Hall–Kier alpha value is -7.61. The molecule has 0 radical (unpaired) electrons. The third-order valence-electron chi connectivity index (χ3n) is 16.1. The van der Waals surface area contributed by atoms with E-state index in [0.29, 0.717) is 41.7 Å². The Morgan fingerprint density at radius 3 is 2.45 bits per heavy atom. The number of amides is 2. The molecule has 0 aliphatic carbocycles. The van der Waals surface area contributed by atoms with Crippen molar-refractivity contribution in [3.05, 3.63) is 119 Å². The van der Waals surface area contributed by atoms with Gasteiger partial charge in [0.05, 0.1) is 64.5 Å². The zero-order chi connectivity index (χ0) is 59.3. The number of halogens is 3. The van der Waals surface area contributed by atoms with Crippen LogP contribution in [0.1, 0.15) is 81.7 Å². The van der Waals surface area contributed by atoms with Gasteiger partial charge in [-0.15, -0.1) is 11.3 Å². The number of fused-ring (bicyclic) bond motifs is 2. The van der Waals surface area contributed by atoms with Crippen LogP contribution >= 0.6 is 22.9 Å². The van der Waals surface area contributed by atoms with Gasteiger partial charge in [-0.25, -0.2) is 13.8 Å². The number of benzene rings is 4. The number of β-amino-alcohol motifs (C(OH)–C–C–N with tert-alkyl or cyclic N) is 1. The van der Waals surface area contributed by atoms with Crippen molar-refractivity contribution in [2.24, 2.45) is 5.92 Å². The number of thiazole rings is 1. The third-order valence-corrected chi connectivity index (χ3v) is 17.4. The Bertz CT molecular complexity index is 3610. The fraction of sp³-hybridized carbons (Fsp3) is 0.419. The fourth-order valence-corrected chi connectivity index (χ4v) is 12.9. The van der Waals surface area contributed by atoms with Crippen LogP contribution in [-0.4, -0.2) is 153 Å². The van der Waals surface area contributed by atoms with Crippen LogP contribution in [0.25, 0.3) is 43.2 Å². The molecule has 2 amide bonds. The van der Waals surface area contributed by atoms with Gasteiger partial charge in [-0.1, -0.05) is 87.5 Å². The number of phenols is 1. The number of aliphatic hydroxyl groups is 1. The highest BCUT2D eigenvalue weighted by atomic mass is 35.5. The van der Waals surface area contributed by atoms with E-state index in [1.54, 1.807) is 52.6 Å². The van der Waals surface area contributed by atoms with E-state index in [4.69, 9.17) is 35.3 Å². The number of aliphatic hydroxyl groups excluding tert-OH is 1. The molecule has 0 saturated carbocycles. The summed E-state index contributed by atoms with van der Waals surface area (Å²) >= 11 is 8.52. The van der Waals surface area contributed by atoms with Crippen molar-refractivity contribution in [1.29, 1.82) is 5.26 Å². The van der Waals surface area contributed by atoms with Crippen LogP contribution < -0.4 is 14.4 Å². The molecule has 3 aliphatic heterocycles. The molecule has 22 heteroatoms. The minimum absolute atomic E-state index is 0.0196. The lowest BCUT2D eigenvalue weighted by atomic mass is 9.89. The van der Waals surface area contributed by atoms with Gasteiger partial charge in [0, 0.05) is 75.7 Å². The van der Waals surface area contributed by atoms with Gasteiger partial charge in [-0.2, -0.15) is 15.2 Å². The minimum atomic E-state index is -1.14. The molecular formula is C62H66ClF2N9O9S. The Kier molecular flexibility index (Phi) is 18.5. The van der Waals surface area contributed by atoms with Gasteiger partial charge in [-0.05, 0) is 82.4 Å². The smallest absolute Gasteiger partial charge is 0.319 e. The topological polar surface area (TPSA) is 221 Å². The number of aryl methyl sites for hydroxylation is 1. The zero-order valence-corrected chi connectivity index (χ0v) is 48.8. The van der Waals surface area contributed by atoms with Gasteiger partial charge >= 0.3 is 6.01 Å². The Balaban J connectivity index is 0.730. The van der Waals surface area contributed by atoms with Crippen LogP contribution in [0, 0.1) is 30.0 Å². The largest absolute Gasteiger partial charge is 0.508 e. The van der Waals surface area contributed by atoms with Crippen molar-refractivity contribution in [1.82, 2.24) is 34.8 Å². The van der Waals surface area contributed by atoms with Gasteiger partial charge in [0.2, 0.25) is 5.91 Å². The molecule has 3 saturated heterocycles. The summed E-state index contributed by atoms with van der Waals surface area (Å²) in [6, 6.07) is 22.0. The van der Waals surface area contributed by atoms with E-state index < -0.39 is 41.7 Å². The van der Waals surface area contributed by atoms with E-state index in [2.05, 4.69) is 32.7 Å². The molecule has 3 aliphatic rings. The number of ketones is 1. The second kappa shape index (κ2) is 26.1. The number of anilines is 1. The van der Waals surface area contributed by atoms with Gasteiger partial charge in [0.15, 0.2) is 23.2 Å². The molecule has 3 aromatic heterocycles. The first-order valence-corrected chi connectivity index (χ1v) is 29.5. The van der Waals surface area contributed by atoms with Crippen LogP contribution in [0.5, 0.6) is 17.6 Å². The molecule has 84 heavy (non-hydrogen) atoms. The van der Waals surface area contributed by atoms with E-state index in [0.717, 1.165) is 34.5 Å². The van der Waals surface area contributed by atoms with Gasteiger partial charge < -0.3 is 43.6 Å². The highest BCUT2D eigenvalue weighted by Crippen LogP contribution is 2.43. The maximum atomic E-state index is 17.2. The second-order valence-electron chi connectivity index (χ2n) is 22.1. The Morgan fingerprint density at radius 1 is 0.952 bits per heavy atom. The molecule has 2 N–H and O–H groups in total. The summed E-state index contributed by atoms with van der Waals surface area (Å²) in [5.74, 6) is -3.67. The average Bonchev–Trinajstić information content (AvgIpc) is 1.37. The number of piperidine rings is 1. The summed E-state index contributed by atoms with van der Waals surface area (Å²) in [6.45, 7) is 13.7. The number of carbonyl (C=O) groups excluding carboxylic acids is 3. The molecule has 18 nitrogen and oxygen atoms in total. The number of aromatic nitrogens is 4. The number of rotatable bonds is 21. The normalized spacial score (nSPS) is 18.6. The molecule has 440 valence electrons. The van der Waals surface area contributed by atoms with Gasteiger partial charge in [0.25, 0.3) is 11.8 Å². The predicted molar refractivity (Wildman–Crippen MR) is 314 cm³/mol. The number of likely N-dealkylation sites (tertiary alicyclic amines) is 2. The van der Waals surface area contributed by atoms with Crippen molar-refractivity contribution in [3.8, 4) is 45.3 Å². The van der Waals surface area contributed by atoms with E-state index in [1.807, 2.05) is 63.5 Å². The highest BCUT2D eigenvalue weighted by Gasteiger charge is 2.43. The van der Waals surface area contributed by atoms with Crippen LogP contribution in [0.4, 0.5) is 14.6 Å². The van der Waals surface area contributed by atoms with E-state index in [-0.39, 0.29) is 140 Å². The number of aromatic hydroxyl groups is 1. The summed E-state index contributed by atoms with van der Waals surface area (Å²) < 4.78 is 55.4. The maximum absolute atomic E-state index is 17.2. The molecule has 0 bridgehead atoms. The zero-order valence-electron chi connectivity index (χ0n) is 47.2. The molecule has 3 fully saturated rings. The number of nitrogens with zero attached hydrogens (tertiary/aromatic N) is 9.